The van der Waals surface area contributed by atoms with Crippen LogP contribution >= 0.6 is 0 Å². The van der Waals surface area contributed by atoms with Crippen molar-refractivity contribution in [3.05, 3.63) is 35.4 Å². The Hall–Kier alpha value is -1.84. The van der Waals surface area contributed by atoms with Crippen molar-refractivity contribution in [3.63, 3.8) is 0 Å². The van der Waals surface area contributed by atoms with Crippen LogP contribution in [-0.2, 0) is 4.79 Å². The number of carboxylic acid groups (broad SMARTS) is 2. The van der Waals surface area contributed by atoms with E-state index in [1.165, 1.54) is 0 Å². The summed E-state index contributed by atoms with van der Waals surface area (Å²) in [6.07, 6.45) is 4.58. The summed E-state index contributed by atoms with van der Waals surface area (Å²) < 4.78 is 0. The molecule has 2 N–H and O–H groups in total. The van der Waals surface area contributed by atoms with Gasteiger partial charge in [-0.25, -0.2) is 4.79 Å². The fourth-order valence-electron chi connectivity index (χ4n) is 5.71. The van der Waals surface area contributed by atoms with Crippen molar-refractivity contribution in [1.82, 2.24) is 0 Å². The van der Waals surface area contributed by atoms with Crippen LogP contribution in [0.3, 0.4) is 0 Å². The molecule has 4 saturated carbocycles. The van der Waals surface area contributed by atoms with E-state index >= 15 is 0 Å². The lowest BCUT2D eigenvalue weighted by Crippen LogP contribution is -2.53. The number of carbonyl (C=O) groups is 2. The molecule has 2 atom stereocenters. The Labute approximate surface area is 129 Å². The molecule has 0 heterocycles. The number of benzene rings is 1. The van der Waals surface area contributed by atoms with Crippen LogP contribution in [0.25, 0.3) is 0 Å². The molecule has 0 spiro atoms. The van der Waals surface area contributed by atoms with Gasteiger partial charge in [-0.1, -0.05) is 12.1 Å². The molecular formula is C18H20O4. The van der Waals surface area contributed by atoms with Gasteiger partial charge in [-0.2, -0.15) is 0 Å². The number of hydrogen-bond acceptors (Lipinski definition) is 2. The van der Waals surface area contributed by atoms with E-state index < -0.39 is 17.4 Å². The first kappa shape index (κ1) is 13.8. The van der Waals surface area contributed by atoms with E-state index in [2.05, 4.69) is 0 Å². The van der Waals surface area contributed by atoms with Crippen LogP contribution in [0.5, 0.6) is 0 Å². The second-order valence-electron chi connectivity index (χ2n) is 7.51. The third kappa shape index (κ3) is 1.89. The van der Waals surface area contributed by atoms with Crippen molar-refractivity contribution in [2.45, 2.75) is 38.0 Å². The zero-order chi connectivity index (χ0) is 15.5. The highest BCUT2D eigenvalue weighted by Crippen LogP contribution is 2.64. The van der Waals surface area contributed by atoms with Crippen LogP contribution in [0.15, 0.2) is 24.3 Å². The molecule has 1 aromatic rings. The lowest BCUT2D eigenvalue weighted by Gasteiger charge is -2.58. The summed E-state index contributed by atoms with van der Waals surface area (Å²) in [5, 5.41) is 18.9. The average Bonchev–Trinajstić information content (AvgIpc) is 2.46. The zero-order valence-corrected chi connectivity index (χ0v) is 12.4. The lowest BCUT2D eigenvalue weighted by molar-refractivity contribution is -0.166. The SMILES string of the molecule is O=C(O)c1cccc(C2C3CC4CC2CC(C(=O)O)(C4)C3)c1. The zero-order valence-electron chi connectivity index (χ0n) is 12.4. The van der Waals surface area contributed by atoms with E-state index in [0.29, 0.717) is 29.2 Å². The minimum Gasteiger partial charge on any atom is -0.481 e. The molecule has 2 unspecified atom stereocenters. The second-order valence-corrected chi connectivity index (χ2v) is 7.51. The summed E-state index contributed by atoms with van der Waals surface area (Å²) in [7, 11) is 0. The van der Waals surface area contributed by atoms with E-state index in [1.54, 1.807) is 12.1 Å². The van der Waals surface area contributed by atoms with Crippen molar-refractivity contribution < 1.29 is 19.8 Å². The van der Waals surface area contributed by atoms with Crippen LogP contribution in [-0.4, -0.2) is 22.2 Å². The van der Waals surface area contributed by atoms with E-state index in [-0.39, 0.29) is 0 Å². The summed E-state index contributed by atoms with van der Waals surface area (Å²) in [6, 6.07) is 7.26. The molecule has 4 aliphatic carbocycles. The van der Waals surface area contributed by atoms with Crippen molar-refractivity contribution in [2.75, 3.05) is 0 Å². The van der Waals surface area contributed by atoms with Crippen LogP contribution in [0.2, 0.25) is 0 Å². The first-order chi connectivity index (χ1) is 10.5. The molecule has 4 aliphatic rings. The summed E-state index contributed by atoms with van der Waals surface area (Å²) in [6.45, 7) is 0. The van der Waals surface area contributed by atoms with Gasteiger partial charge in [0.2, 0.25) is 0 Å². The highest BCUT2D eigenvalue weighted by molar-refractivity contribution is 5.87. The van der Waals surface area contributed by atoms with E-state index in [0.717, 1.165) is 37.7 Å². The molecule has 1 aromatic carbocycles. The quantitative estimate of drug-likeness (QED) is 0.897. The van der Waals surface area contributed by atoms with Crippen LogP contribution in [0.4, 0.5) is 0 Å². The molecule has 4 heteroatoms. The maximum absolute atomic E-state index is 11.8. The van der Waals surface area contributed by atoms with Gasteiger partial charge >= 0.3 is 11.9 Å². The molecule has 4 fully saturated rings. The summed E-state index contributed by atoms with van der Waals surface area (Å²) in [4.78, 5) is 23.0. The minimum absolute atomic E-state index is 0.333. The summed E-state index contributed by atoms with van der Waals surface area (Å²) >= 11 is 0. The first-order valence-corrected chi connectivity index (χ1v) is 8.05. The Kier molecular flexibility index (Phi) is 2.87. The predicted molar refractivity (Wildman–Crippen MR) is 79.8 cm³/mol. The molecule has 4 bridgehead atoms. The first-order valence-electron chi connectivity index (χ1n) is 8.05. The number of carboxylic acids is 2. The standard InChI is InChI=1S/C18H20O4/c19-16(20)12-3-1-2-11(6-12)15-13-4-10-5-14(15)9-18(7-10,8-13)17(21)22/h1-3,6,10,13-15H,4-5,7-9H2,(H,19,20)(H,21,22). The van der Waals surface area contributed by atoms with Crippen molar-refractivity contribution in [2.24, 2.45) is 23.2 Å². The third-order valence-electron chi connectivity index (χ3n) is 6.25. The number of aliphatic carboxylic acids is 1. The topological polar surface area (TPSA) is 74.6 Å². The number of rotatable bonds is 3. The predicted octanol–water partition coefficient (Wildman–Crippen LogP) is 3.38. The van der Waals surface area contributed by atoms with Gasteiger partial charge in [-0.15, -0.1) is 0 Å². The molecule has 5 rings (SSSR count). The van der Waals surface area contributed by atoms with Gasteiger partial charge in [0.05, 0.1) is 11.0 Å². The number of hydrogen-bond donors (Lipinski definition) is 2. The Morgan fingerprint density at radius 3 is 2.32 bits per heavy atom. The molecule has 116 valence electrons. The molecule has 0 aromatic heterocycles. The van der Waals surface area contributed by atoms with Gasteiger partial charge in [-0.05, 0) is 73.5 Å². The number of aromatic carboxylic acids is 1. The van der Waals surface area contributed by atoms with Gasteiger partial charge in [0.25, 0.3) is 0 Å². The third-order valence-corrected chi connectivity index (χ3v) is 6.25. The van der Waals surface area contributed by atoms with Crippen molar-refractivity contribution >= 4 is 11.9 Å². The van der Waals surface area contributed by atoms with Gasteiger partial charge in [-0.3, -0.25) is 4.79 Å². The molecule has 0 amide bonds. The Bertz CT molecular complexity index is 634. The second kappa shape index (κ2) is 4.58. The Balaban J connectivity index is 1.69. The highest BCUT2D eigenvalue weighted by Gasteiger charge is 2.58. The molecule has 0 aliphatic heterocycles. The summed E-state index contributed by atoms with van der Waals surface area (Å²) in [5.74, 6) is 0.158. The van der Waals surface area contributed by atoms with Crippen LogP contribution in [0, 0.1) is 23.2 Å². The molecular weight excluding hydrogens is 280 g/mol. The Morgan fingerprint density at radius 1 is 1.05 bits per heavy atom. The highest BCUT2D eigenvalue weighted by atomic mass is 16.4. The van der Waals surface area contributed by atoms with Gasteiger partial charge in [0.15, 0.2) is 0 Å². The summed E-state index contributed by atoms with van der Waals surface area (Å²) in [5.41, 5.74) is 0.922. The van der Waals surface area contributed by atoms with Crippen molar-refractivity contribution in [1.29, 1.82) is 0 Å². The largest absolute Gasteiger partial charge is 0.481 e. The molecule has 4 nitrogen and oxygen atoms in total. The van der Waals surface area contributed by atoms with Gasteiger partial charge in [0, 0.05) is 0 Å². The Morgan fingerprint density at radius 2 is 1.73 bits per heavy atom. The van der Waals surface area contributed by atoms with Crippen LogP contribution < -0.4 is 0 Å². The minimum atomic E-state index is -0.896. The fraction of sp³-hybridized carbons (Fsp3) is 0.556. The van der Waals surface area contributed by atoms with Crippen LogP contribution in [0.1, 0.15) is 53.9 Å². The maximum atomic E-state index is 11.8. The normalized spacial score (nSPS) is 38.9. The van der Waals surface area contributed by atoms with E-state index in [9.17, 15) is 19.8 Å². The average molecular weight is 300 g/mol. The lowest BCUT2D eigenvalue weighted by atomic mass is 9.45. The monoisotopic (exact) mass is 300 g/mol. The fourth-order valence-corrected chi connectivity index (χ4v) is 5.71. The van der Waals surface area contributed by atoms with Crippen molar-refractivity contribution in [3.8, 4) is 0 Å². The molecule has 0 saturated heterocycles. The maximum Gasteiger partial charge on any atom is 0.335 e. The molecule has 22 heavy (non-hydrogen) atoms. The van der Waals surface area contributed by atoms with Gasteiger partial charge in [0.1, 0.15) is 0 Å². The van der Waals surface area contributed by atoms with E-state index in [1.807, 2.05) is 12.1 Å². The smallest absolute Gasteiger partial charge is 0.335 e. The molecule has 0 radical (unpaired) electrons. The van der Waals surface area contributed by atoms with Gasteiger partial charge < -0.3 is 10.2 Å². The van der Waals surface area contributed by atoms with E-state index in [4.69, 9.17) is 0 Å².